The number of allylic oxidation sites excluding steroid dienone is 2. The van der Waals surface area contributed by atoms with Crippen molar-refractivity contribution in [2.45, 2.75) is 38.6 Å². The predicted molar refractivity (Wildman–Crippen MR) is 104 cm³/mol. The van der Waals surface area contributed by atoms with E-state index in [1.54, 1.807) is 12.1 Å². The van der Waals surface area contributed by atoms with Crippen LogP contribution < -0.4 is 9.80 Å². The third-order valence-electron chi connectivity index (χ3n) is 7.00. The Hall–Kier alpha value is -2.70. The molecule has 1 aromatic rings. The van der Waals surface area contributed by atoms with Crippen molar-refractivity contribution in [1.29, 1.82) is 0 Å². The molecule has 0 radical (unpaired) electrons. The topological polar surface area (TPSA) is 83.8 Å². The summed E-state index contributed by atoms with van der Waals surface area (Å²) < 4.78 is 0. The van der Waals surface area contributed by atoms with Gasteiger partial charge in [0.2, 0.25) is 11.8 Å². The first-order valence-electron chi connectivity index (χ1n) is 10.1. The van der Waals surface area contributed by atoms with E-state index in [-0.39, 0.29) is 47.2 Å². The maximum absolute atomic E-state index is 13.0. The Bertz CT molecular complexity index is 881. The number of anilines is 2. The van der Waals surface area contributed by atoms with Gasteiger partial charge in [-0.25, -0.2) is 4.90 Å². The molecule has 4 aliphatic rings. The third-order valence-corrected chi connectivity index (χ3v) is 7.00. The first kappa shape index (κ1) is 17.4. The average Bonchev–Trinajstić information content (AvgIpc) is 3.36. The fourth-order valence-corrected chi connectivity index (χ4v) is 5.65. The normalized spacial score (nSPS) is 33.7. The molecule has 0 aromatic heterocycles. The van der Waals surface area contributed by atoms with Gasteiger partial charge in [-0.2, -0.15) is 0 Å². The van der Waals surface area contributed by atoms with Gasteiger partial charge in [-0.15, -0.1) is 0 Å². The summed E-state index contributed by atoms with van der Waals surface area (Å²) in [7, 11) is 0. The molecule has 146 valence electrons. The number of carbonyl (C=O) groups is 2. The fourth-order valence-electron chi connectivity index (χ4n) is 5.65. The number of nitrogens with zero attached hydrogens (tertiary/aromatic N) is 3. The van der Waals surface area contributed by atoms with Crippen LogP contribution in [0.4, 0.5) is 17.1 Å². The van der Waals surface area contributed by atoms with Crippen molar-refractivity contribution in [2.24, 2.45) is 23.7 Å². The number of rotatable bonds is 3. The highest BCUT2D eigenvalue weighted by Gasteiger charge is 2.59. The molecule has 0 N–H and O–H groups in total. The molecule has 7 heteroatoms. The Labute approximate surface area is 163 Å². The zero-order chi connectivity index (χ0) is 19.6. The van der Waals surface area contributed by atoms with E-state index in [1.165, 1.54) is 11.0 Å². The summed E-state index contributed by atoms with van der Waals surface area (Å²) >= 11 is 0. The van der Waals surface area contributed by atoms with Crippen molar-refractivity contribution < 1.29 is 14.5 Å². The molecule has 0 unspecified atom stereocenters. The van der Waals surface area contributed by atoms with Crippen LogP contribution in [0.3, 0.4) is 0 Å². The quantitative estimate of drug-likeness (QED) is 0.347. The molecular formula is C21H23N3O4. The number of piperidine rings is 1. The molecule has 0 spiro atoms. The first-order valence-corrected chi connectivity index (χ1v) is 10.1. The predicted octanol–water partition coefficient (Wildman–Crippen LogP) is 3.29. The van der Waals surface area contributed by atoms with Gasteiger partial charge in [-0.05, 0) is 56.6 Å². The molecule has 2 aliphatic carbocycles. The largest absolute Gasteiger partial charge is 0.363 e. The summed E-state index contributed by atoms with van der Waals surface area (Å²) in [5, 5.41) is 11.8. The highest BCUT2D eigenvalue weighted by Crippen LogP contribution is 2.53. The number of hydrogen-bond acceptors (Lipinski definition) is 5. The second-order valence-corrected chi connectivity index (χ2v) is 8.48. The van der Waals surface area contributed by atoms with Crippen LogP contribution in [0.2, 0.25) is 0 Å². The van der Waals surface area contributed by atoms with Gasteiger partial charge in [0.1, 0.15) is 5.69 Å². The van der Waals surface area contributed by atoms with E-state index in [0.29, 0.717) is 11.4 Å². The number of nitro benzene ring substituents is 1. The molecule has 3 fully saturated rings. The highest BCUT2D eigenvalue weighted by molar-refractivity contribution is 6.23. The Morgan fingerprint density at radius 2 is 1.75 bits per heavy atom. The van der Waals surface area contributed by atoms with E-state index in [9.17, 15) is 19.7 Å². The Balaban J connectivity index is 1.51. The lowest BCUT2D eigenvalue weighted by molar-refractivity contribution is -0.384. The van der Waals surface area contributed by atoms with E-state index in [1.807, 2.05) is 12.2 Å². The number of fused-ring (bicyclic) bond motifs is 5. The number of hydrogen-bond donors (Lipinski definition) is 0. The Morgan fingerprint density at radius 3 is 2.36 bits per heavy atom. The lowest BCUT2D eigenvalue weighted by Crippen LogP contribution is -2.38. The van der Waals surface area contributed by atoms with Gasteiger partial charge >= 0.3 is 0 Å². The van der Waals surface area contributed by atoms with Gasteiger partial charge in [0.05, 0.1) is 22.4 Å². The summed E-state index contributed by atoms with van der Waals surface area (Å²) in [6, 6.07) is 5.03. The van der Waals surface area contributed by atoms with Crippen molar-refractivity contribution in [3.63, 3.8) is 0 Å². The fraction of sp³-hybridized carbons (Fsp3) is 0.524. The summed E-state index contributed by atoms with van der Waals surface area (Å²) in [6.45, 7) is 2.86. The third kappa shape index (κ3) is 2.34. The van der Waals surface area contributed by atoms with Gasteiger partial charge in [0.15, 0.2) is 0 Å². The van der Waals surface area contributed by atoms with Gasteiger partial charge in [-0.1, -0.05) is 12.2 Å². The van der Waals surface area contributed by atoms with E-state index in [0.717, 1.165) is 32.2 Å². The van der Waals surface area contributed by atoms with Crippen LogP contribution in [0.25, 0.3) is 0 Å². The zero-order valence-electron chi connectivity index (χ0n) is 15.8. The van der Waals surface area contributed by atoms with Crippen LogP contribution >= 0.6 is 0 Å². The first-order chi connectivity index (χ1) is 13.5. The standard InChI is InChI=1S/C21H23N3O4/c1-12-4-2-3-9-22(12)16-8-7-15(11-17(16)24(27)28)23-20(25)18-13-5-6-14(10-13)19(18)21(23)26/h5-8,11-14,18-19H,2-4,9-10H2,1H3/t12-,13+,14+,18+,19+/m1/s1. The van der Waals surface area contributed by atoms with E-state index < -0.39 is 4.92 Å². The van der Waals surface area contributed by atoms with Crippen molar-refractivity contribution in [3.05, 3.63) is 40.5 Å². The van der Waals surface area contributed by atoms with Crippen LogP contribution in [0.15, 0.2) is 30.4 Å². The second-order valence-electron chi connectivity index (χ2n) is 8.48. The molecule has 1 saturated carbocycles. The molecule has 2 bridgehead atoms. The van der Waals surface area contributed by atoms with Crippen LogP contribution in [0, 0.1) is 33.8 Å². The summed E-state index contributed by atoms with van der Waals surface area (Å²) in [5.41, 5.74) is 0.857. The maximum Gasteiger partial charge on any atom is 0.294 e. The highest BCUT2D eigenvalue weighted by atomic mass is 16.6. The van der Waals surface area contributed by atoms with Crippen LogP contribution in [0.5, 0.6) is 0 Å². The van der Waals surface area contributed by atoms with Crippen LogP contribution in [-0.2, 0) is 9.59 Å². The minimum absolute atomic E-state index is 0.0370. The van der Waals surface area contributed by atoms with E-state index in [2.05, 4.69) is 11.8 Å². The van der Waals surface area contributed by atoms with E-state index >= 15 is 0 Å². The molecule has 2 saturated heterocycles. The van der Waals surface area contributed by atoms with Crippen molar-refractivity contribution >= 4 is 28.9 Å². The lowest BCUT2D eigenvalue weighted by Gasteiger charge is -2.35. The second kappa shape index (κ2) is 6.15. The monoisotopic (exact) mass is 381 g/mol. The maximum atomic E-state index is 13.0. The van der Waals surface area contributed by atoms with Gasteiger partial charge in [0.25, 0.3) is 5.69 Å². The zero-order valence-corrected chi connectivity index (χ0v) is 15.8. The van der Waals surface area contributed by atoms with Gasteiger partial charge < -0.3 is 4.90 Å². The number of imide groups is 1. The average molecular weight is 381 g/mol. The molecule has 5 atom stereocenters. The number of benzene rings is 1. The summed E-state index contributed by atoms with van der Waals surface area (Å²) in [5.74, 6) is -0.771. The summed E-state index contributed by atoms with van der Waals surface area (Å²) in [6.07, 6.45) is 8.09. The van der Waals surface area contributed by atoms with Gasteiger partial charge in [0, 0.05) is 18.7 Å². The van der Waals surface area contributed by atoms with Gasteiger partial charge in [-0.3, -0.25) is 19.7 Å². The minimum Gasteiger partial charge on any atom is -0.363 e. The van der Waals surface area contributed by atoms with Crippen LogP contribution in [0.1, 0.15) is 32.6 Å². The molecule has 2 amide bonds. The van der Waals surface area contributed by atoms with E-state index in [4.69, 9.17) is 0 Å². The number of carbonyl (C=O) groups excluding carboxylic acids is 2. The molecule has 2 aliphatic heterocycles. The summed E-state index contributed by atoms with van der Waals surface area (Å²) in [4.78, 5) is 40.6. The van der Waals surface area contributed by atoms with Crippen molar-refractivity contribution in [2.75, 3.05) is 16.3 Å². The van der Waals surface area contributed by atoms with Crippen molar-refractivity contribution in [3.8, 4) is 0 Å². The van der Waals surface area contributed by atoms with Crippen LogP contribution in [-0.4, -0.2) is 29.3 Å². The molecule has 1 aromatic carbocycles. The number of nitro groups is 1. The molecule has 7 nitrogen and oxygen atoms in total. The molecule has 28 heavy (non-hydrogen) atoms. The lowest BCUT2D eigenvalue weighted by atomic mass is 9.85. The Morgan fingerprint density at radius 1 is 1.07 bits per heavy atom. The molecule has 2 heterocycles. The minimum atomic E-state index is -0.405. The number of amides is 2. The Kier molecular flexibility index (Phi) is 3.82. The molecule has 5 rings (SSSR count). The smallest absolute Gasteiger partial charge is 0.294 e. The van der Waals surface area contributed by atoms with Crippen molar-refractivity contribution in [1.82, 2.24) is 0 Å². The SMILES string of the molecule is C[C@@H]1CCCCN1c1ccc(N2C(=O)[C@@H]3[C@@H](C2=O)[C@H]2C=C[C@H]3C2)cc1[N+](=O)[O-]. The molecular weight excluding hydrogens is 358 g/mol.